The molecule has 0 fully saturated rings. The van der Waals surface area contributed by atoms with Gasteiger partial charge in [0.15, 0.2) is 11.5 Å². The molecule has 13 heavy (non-hydrogen) atoms. The maximum absolute atomic E-state index is 8.74. The molecule has 0 aromatic heterocycles. The van der Waals surface area contributed by atoms with Gasteiger partial charge in [0, 0.05) is 6.61 Å². The highest BCUT2D eigenvalue weighted by molar-refractivity contribution is 5.42. The second kappa shape index (κ2) is 4.72. The Bertz CT molecular complexity index is 271. The smallest absolute Gasteiger partial charge is 0.160 e. The molecule has 0 aliphatic heterocycles. The van der Waals surface area contributed by atoms with Crippen molar-refractivity contribution in [1.29, 1.82) is 0 Å². The third-order valence-corrected chi connectivity index (χ3v) is 1.85. The number of benzene rings is 1. The second-order valence-corrected chi connectivity index (χ2v) is 2.66. The van der Waals surface area contributed by atoms with Gasteiger partial charge in [0.25, 0.3) is 0 Å². The minimum Gasteiger partial charge on any atom is -0.493 e. The Morgan fingerprint density at radius 1 is 1.15 bits per heavy atom. The molecule has 0 aliphatic carbocycles. The lowest BCUT2D eigenvalue weighted by Crippen LogP contribution is -1.94. The molecule has 0 amide bonds. The largest absolute Gasteiger partial charge is 0.493 e. The molecule has 0 saturated carbocycles. The van der Waals surface area contributed by atoms with Gasteiger partial charge in [-0.15, -0.1) is 0 Å². The molecule has 0 atom stereocenters. The van der Waals surface area contributed by atoms with Gasteiger partial charge in [-0.3, -0.25) is 0 Å². The Kier molecular flexibility index (Phi) is 3.58. The Hall–Kier alpha value is -1.22. The molecule has 0 heterocycles. The van der Waals surface area contributed by atoms with E-state index in [9.17, 15) is 0 Å². The van der Waals surface area contributed by atoms with Gasteiger partial charge in [-0.1, -0.05) is 6.07 Å². The van der Waals surface area contributed by atoms with Crippen LogP contribution in [0.25, 0.3) is 0 Å². The summed E-state index contributed by atoms with van der Waals surface area (Å²) in [5.74, 6) is 1.41. The summed E-state index contributed by atoms with van der Waals surface area (Å²) in [6.07, 6.45) is 0.639. The van der Waals surface area contributed by atoms with Crippen molar-refractivity contribution in [2.75, 3.05) is 20.8 Å². The van der Waals surface area contributed by atoms with E-state index in [0.29, 0.717) is 17.9 Å². The van der Waals surface area contributed by atoms with Crippen LogP contribution >= 0.6 is 0 Å². The maximum Gasteiger partial charge on any atom is 0.160 e. The lowest BCUT2D eigenvalue weighted by molar-refractivity contribution is 0.299. The summed E-state index contributed by atoms with van der Waals surface area (Å²) in [6, 6.07) is 5.62. The van der Waals surface area contributed by atoms with E-state index in [1.165, 1.54) is 0 Å². The zero-order valence-corrected chi connectivity index (χ0v) is 7.91. The monoisotopic (exact) mass is 184 g/mol. The summed E-state index contributed by atoms with van der Waals surface area (Å²) < 4.78 is 10.2. The standard InChI is InChI=1S/C10H14O3/c1-12-9-4-3-8(5-6-11)7-10(9)13-2/h3-4,7,11H,5-6H2,1-2H3/i1+1,2+1. The van der Waals surface area contributed by atoms with Crippen LogP contribution in [-0.4, -0.2) is 25.9 Å². The first-order chi connectivity index (χ1) is 6.31. The molecule has 3 heteroatoms. The number of ether oxygens (including phenoxy) is 2. The van der Waals surface area contributed by atoms with Crippen molar-refractivity contribution >= 4 is 0 Å². The number of hydrogen-bond donors (Lipinski definition) is 1. The van der Waals surface area contributed by atoms with Crippen molar-refractivity contribution in [3.05, 3.63) is 23.8 Å². The summed E-state index contributed by atoms with van der Waals surface area (Å²) in [5, 5.41) is 8.74. The first-order valence-electron chi connectivity index (χ1n) is 4.13. The van der Waals surface area contributed by atoms with Crippen LogP contribution in [-0.2, 0) is 6.42 Å². The van der Waals surface area contributed by atoms with E-state index in [-0.39, 0.29) is 6.61 Å². The SMILES string of the molecule is [13CH3]Oc1ccc(CCO)cc1O[13CH3]. The van der Waals surface area contributed by atoms with Gasteiger partial charge in [-0.05, 0) is 24.1 Å². The molecule has 3 nitrogen and oxygen atoms in total. The summed E-state index contributed by atoms with van der Waals surface area (Å²) in [6.45, 7) is 0.148. The summed E-state index contributed by atoms with van der Waals surface area (Å²) in [4.78, 5) is 0. The third-order valence-electron chi connectivity index (χ3n) is 1.85. The Morgan fingerprint density at radius 3 is 2.38 bits per heavy atom. The lowest BCUT2D eigenvalue weighted by Gasteiger charge is -2.08. The number of rotatable bonds is 4. The van der Waals surface area contributed by atoms with Gasteiger partial charge in [-0.25, -0.2) is 0 Å². The van der Waals surface area contributed by atoms with Gasteiger partial charge in [0.2, 0.25) is 0 Å². The topological polar surface area (TPSA) is 38.7 Å². The summed E-state index contributed by atoms with van der Waals surface area (Å²) in [7, 11) is 3.20. The number of aliphatic hydroxyl groups is 1. The van der Waals surface area contributed by atoms with Gasteiger partial charge < -0.3 is 14.6 Å². The first-order valence-corrected chi connectivity index (χ1v) is 4.13. The fraction of sp³-hybridized carbons (Fsp3) is 0.400. The highest BCUT2D eigenvalue weighted by atomic mass is 16.6. The van der Waals surface area contributed by atoms with Gasteiger partial charge in [-0.2, -0.15) is 0 Å². The predicted octanol–water partition coefficient (Wildman–Crippen LogP) is 1.24. The van der Waals surface area contributed by atoms with E-state index in [2.05, 4.69) is 0 Å². The number of methoxy groups -OCH3 is 2. The van der Waals surface area contributed by atoms with Crippen LogP contribution in [0.5, 0.6) is 11.5 Å². The normalized spacial score (nSPS) is 9.77. The minimum atomic E-state index is 0.148. The molecule has 0 radical (unpaired) electrons. The molecule has 1 rings (SSSR count). The highest BCUT2D eigenvalue weighted by Gasteiger charge is 2.03. The molecular weight excluding hydrogens is 170 g/mol. The predicted molar refractivity (Wildman–Crippen MR) is 50.3 cm³/mol. The van der Waals surface area contributed by atoms with Crippen LogP contribution < -0.4 is 9.47 Å². The Balaban J connectivity index is 2.91. The average Bonchev–Trinajstić information content (AvgIpc) is 2.18. The molecule has 0 unspecified atom stereocenters. The number of aliphatic hydroxyl groups excluding tert-OH is 1. The molecule has 0 bridgehead atoms. The highest BCUT2D eigenvalue weighted by Crippen LogP contribution is 2.27. The van der Waals surface area contributed by atoms with Gasteiger partial charge in [0.05, 0.1) is 14.2 Å². The molecule has 1 N–H and O–H groups in total. The molecule has 72 valence electrons. The second-order valence-electron chi connectivity index (χ2n) is 2.66. The molecule has 0 spiro atoms. The molecule has 1 aromatic carbocycles. The number of hydrogen-bond acceptors (Lipinski definition) is 3. The van der Waals surface area contributed by atoms with Crippen molar-refractivity contribution in [3.63, 3.8) is 0 Å². The maximum atomic E-state index is 8.74. The van der Waals surface area contributed by atoms with Crippen molar-refractivity contribution in [3.8, 4) is 11.5 Å². The van der Waals surface area contributed by atoms with Gasteiger partial charge >= 0.3 is 0 Å². The van der Waals surface area contributed by atoms with Crippen LogP contribution in [0.1, 0.15) is 5.56 Å². The first kappa shape index (κ1) is 9.86. The van der Waals surface area contributed by atoms with Crippen molar-refractivity contribution in [2.45, 2.75) is 6.42 Å². The van der Waals surface area contributed by atoms with E-state index >= 15 is 0 Å². The van der Waals surface area contributed by atoms with E-state index in [4.69, 9.17) is 14.6 Å². The fourth-order valence-electron chi connectivity index (χ4n) is 1.17. The van der Waals surface area contributed by atoms with Crippen LogP contribution in [0.4, 0.5) is 0 Å². The third kappa shape index (κ3) is 2.36. The molecule has 0 aliphatic rings. The van der Waals surface area contributed by atoms with Crippen LogP contribution in [0, 0.1) is 0 Å². The van der Waals surface area contributed by atoms with E-state index in [1.807, 2.05) is 18.2 Å². The van der Waals surface area contributed by atoms with Crippen molar-refractivity contribution in [2.24, 2.45) is 0 Å². The zero-order chi connectivity index (χ0) is 9.68. The quantitative estimate of drug-likeness (QED) is 0.715. The lowest BCUT2D eigenvalue weighted by atomic mass is 10.1. The van der Waals surface area contributed by atoms with Crippen LogP contribution in [0.15, 0.2) is 18.2 Å². The zero-order valence-electron chi connectivity index (χ0n) is 7.91. The van der Waals surface area contributed by atoms with E-state index in [1.54, 1.807) is 14.2 Å². The summed E-state index contributed by atoms with van der Waals surface area (Å²) in [5.41, 5.74) is 1.04. The van der Waals surface area contributed by atoms with Crippen molar-refractivity contribution < 1.29 is 14.6 Å². The Labute approximate surface area is 77.9 Å². The van der Waals surface area contributed by atoms with Crippen LogP contribution in [0.2, 0.25) is 0 Å². The fourth-order valence-corrected chi connectivity index (χ4v) is 1.17. The summed E-state index contributed by atoms with van der Waals surface area (Å²) >= 11 is 0. The Morgan fingerprint density at radius 2 is 1.85 bits per heavy atom. The van der Waals surface area contributed by atoms with Gasteiger partial charge in [0.1, 0.15) is 0 Å². The minimum absolute atomic E-state index is 0.148. The average molecular weight is 184 g/mol. The molecule has 1 aromatic rings. The molecular formula is C10H14O3. The van der Waals surface area contributed by atoms with Crippen LogP contribution in [0.3, 0.4) is 0 Å². The molecule has 0 saturated heterocycles. The van der Waals surface area contributed by atoms with E-state index in [0.717, 1.165) is 5.56 Å². The van der Waals surface area contributed by atoms with E-state index < -0.39 is 0 Å². The van der Waals surface area contributed by atoms with Crippen molar-refractivity contribution in [1.82, 2.24) is 0 Å².